The van der Waals surface area contributed by atoms with Gasteiger partial charge in [-0.15, -0.1) is 0 Å². The first-order valence-electron chi connectivity index (χ1n) is 10.3. The summed E-state index contributed by atoms with van der Waals surface area (Å²) in [4.78, 5) is 25.8. The number of methoxy groups -OCH3 is 2. The van der Waals surface area contributed by atoms with Gasteiger partial charge < -0.3 is 24.5 Å². The third kappa shape index (κ3) is 5.02. The van der Waals surface area contributed by atoms with Gasteiger partial charge in [0.15, 0.2) is 11.5 Å². The van der Waals surface area contributed by atoms with Crippen molar-refractivity contribution in [1.29, 1.82) is 0 Å². The van der Waals surface area contributed by atoms with E-state index in [0.717, 1.165) is 18.4 Å². The molecule has 1 aliphatic rings. The summed E-state index contributed by atoms with van der Waals surface area (Å²) in [6.45, 7) is 2.23. The first-order valence-corrected chi connectivity index (χ1v) is 10.3. The molecule has 0 atom stereocenters. The summed E-state index contributed by atoms with van der Waals surface area (Å²) < 4.78 is 12.2. The molecule has 0 bridgehead atoms. The minimum Gasteiger partial charge on any atom is -0.493 e. The van der Waals surface area contributed by atoms with E-state index in [1.165, 1.54) is 0 Å². The Balaban J connectivity index is 1.73. The fourth-order valence-electron chi connectivity index (χ4n) is 3.88. The average molecular weight is 415 g/mol. The predicted molar refractivity (Wildman–Crippen MR) is 114 cm³/mol. The topological polar surface area (TPSA) is 89.8 Å². The summed E-state index contributed by atoms with van der Waals surface area (Å²) in [5, 5.41) is 12.6. The highest BCUT2D eigenvalue weighted by Gasteiger charge is 2.23. The molecule has 2 aromatic rings. The zero-order chi connectivity index (χ0) is 21.7. The fraction of sp³-hybridized carbons (Fsp3) is 0.478. The van der Waals surface area contributed by atoms with Gasteiger partial charge in [0.1, 0.15) is 5.56 Å². The minimum atomic E-state index is -0.334. The molecule has 3 rings (SSSR count). The summed E-state index contributed by atoms with van der Waals surface area (Å²) in [7, 11) is 3.18. The zero-order valence-electron chi connectivity index (χ0n) is 17.8. The molecule has 1 saturated carbocycles. The van der Waals surface area contributed by atoms with Gasteiger partial charge in [0.2, 0.25) is 0 Å². The lowest BCUT2D eigenvalue weighted by atomic mass is 9.93. The lowest BCUT2D eigenvalue weighted by molar-refractivity contribution is 0.0865. The van der Waals surface area contributed by atoms with Gasteiger partial charge in [0, 0.05) is 18.8 Å². The number of rotatable bonds is 7. The maximum Gasteiger partial charge on any atom is 0.263 e. The maximum atomic E-state index is 13.0. The van der Waals surface area contributed by atoms with Crippen LogP contribution in [-0.4, -0.2) is 41.9 Å². The third-order valence-electron chi connectivity index (χ3n) is 5.72. The number of benzene rings is 1. The molecular formula is C23H30N2O5. The van der Waals surface area contributed by atoms with Crippen molar-refractivity contribution in [3.8, 4) is 11.5 Å². The van der Waals surface area contributed by atoms with Crippen LogP contribution in [0, 0.1) is 6.92 Å². The average Bonchev–Trinajstić information content (AvgIpc) is 2.74. The first kappa shape index (κ1) is 21.9. The number of nitrogens with zero attached hydrogens (tertiary/aromatic N) is 1. The second kappa shape index (κ2) is 9.80. The fourth-order valence-corrected chi connectivity index (χ4v) is 3.88. The van der Waals surface area contributed by atoms with Gasteiger partial charge in [-0.05, 0) is 68.4 Å². The van der Waals surface area contributed by atoms with E-state index in [1.807, 2.05) is 18.2 Å². The molecule has 1 aromatic heterocycles. The Kier molecular flexibility index (Phi) is 7.15. The molecule has 1 aliphatic carbocycles. The highest BCUT2D eigenvalue weighted by Crippen LogP contribution is 2.27. The summed E-state index contributed by atoms with van der Waals surface area (Å²) >= 11 is 0. The predicted octanol–water partition coefficient (Wildman–Crippen LogP) is 2.45. The van der Waals surface area contributed by atoms with Crippen LogP contribution in [0.4, 0.5) is 0 Å². The number of aliphatic hydroxyl groups excluding tert-OH is 1. The molecule has 1 aromatic carbocycles. The zero-order valence-corrected chi connectivity index (χ0v) is 17.8. The van der Waals surface area contributed by atoms with E-state index in [-0.39, 0.29) is 29.2 Å². The number of aliphatic hydroxyl groups is 1. The van der Waals surface area contributed by atoms with Gasteiger partial charge in [0.05, 0.1) is 20.3 Å². The van der Waals surface area contributed by atoms with Crippen molar-refractivity contribution in [2.24, 2.45) is 0 Å². The van der Waals surface area contributed by atoms with Crippen LogP contribution < -0.4 is 20.3 Å². The Hall–Kier alpha value is -2.80. The standard InChI is InChI=1S/C23H30N2O5/c1-15-10-12-25(13-11-16-4-9-19(29-2)20(14-16)30-3)23(28)21(15)22(27)24-17-5-7-18(26)8-6-17/h4,9-10,12,14,17-18,26H,5-8,11,13H2,1-3H3,(H,24,27). The van der Waals surface area contributed by atoms with Crippen molar-refractivity contribution in [3.63, 3.8) is 0 Å². The number of aromatic nitrogens is 1. The Labute approximate surface area is 176 Å². The van der Waals surface area contributed by atoms with Crippen LogP contribution in [0.25, 0.3) is 0 Å². The molecule has 0 unspecified atom stereocenters. The third-order valence-corrected chi connectivity index (χ3v) is 5.72. The molecule has 162 valence electrons. The van der Waals surface area contributed by atoms with Crippen LogP contribution in [0.2, 0.25) is 0 Å². The number of carbonyl (C=O) groups excluding carboxylic acids is 1. The van der Waals surface area contributed by atoms with E-state index in [9.17, 15) is 14.7 Å². The van der Waals surface area contributed by atoms with E-state index in [4.69, 9.17) is 9.47 Å². The molecule has 7 nitrogen and oxygen atoms in total. The monoisotopic (exact) mass is 414 g/mol. The van der Waals surface area contributed by atoms with Gasteiger partial charge in [0.25, 0.3) is 11.5 Å². The summed E-state index contributed by atoms with van der Waals surface area (Å²) in [5.41, 5.74) is 1.57. The lowest BCUT2D eigenvalue weighted by Crippen LogP contribution is -2.42. The van der Waals surface area contributed by atoms with E-state index >= 15 is 0 Å². The van der Waals surface area contributed by atoms with Gasteiger partial charge >= 0.3 is 0 Å². The quantitative estimate of drug-likeness (QED) is 0.726. The van der Waals surface area contributed by atoms with Crippen LogP contribution in [0.5, 0.6) is 11.5 Å². The number of hydrogen-bond acceptors (Lipinski definition) is 5. The second-order valence-corrected chi connectivity index (χ2v) is 7.79. The summed E-state index contributed by atoms with van der Waals surface area (Å²) in [6.07, 6.45) is 4.86. The van der Waals surface area contributed by atoms with Crippen molar-refractivity contribution in [2.75, 3.05) is 14.2 Å². The minimum absolute atomic E-state index is 0.000111. The number of amides is 1. The number of ether oxygens (including phenoxy) is 2. The Morgan fingerprint density at radius 3 is 2.50 bits per heavy atom. The number of carbonyl (C=O) groups is 1. The normalized spacial score (nSPS) is 18.7. The van der Waals surface area contributed by atoms with Gasteiger partial charge in [-0.3, -0.25) is 9.59 Å². The van der Waals surface area contributed by atoms with Crippen LogP contribution in [0.15, 0.2) is 35.3 Å². The SMILES string of the molecule is COc1ccc(CCn2ccc(C)c(C(=O)NC3CCC(O)CC3)c2=O)cc1OC. The molecular weight excluding hydrogens is 384 g/mol. The molecule has 0 aliphatic heterocycles. The molecule has 1 fully saturated rings. The highest BCUT2D eigenvalue weighted by atomic mass is 16.5. The number of pyridine rings is 1. The van der Waals surface area contributed by atoms with E-state index in [1.54, 1.807) is 38.0 Å². The van der Waals surface area contributed by atoms with E-state index in [2.05, 4.69) is 5.32 Å². The van der Waals surface area contributed by atoms with Crippen LogP contribution in [0.1, 0.15) is 47.2 Å². The summed E-state index contributed by atoms with van der Waals surface area (Å²) in [5.74, 6) is 0.964. The van der Waals surface area contributed by atoms with Gasteiger partial charge in [-0.2, -0.15) is 0 Å². The highest BCUT2D eigenvalue weighted by molar-refractivity contribution is 5.95. The number of hydrogen-bond donors (Lipinski definition) is 2. The molecule has 1 amide bonds. The van der Waals surface area contributed by atoms with Gasteiger partial charge in [-0.1, -0.05) is 6.07 Å². The maximum absolute atomic E-state index is 13.0. The number of aryl methyl sites for hydroxylation is 3. The van der Waals surface area contributed by atoms with Crippen molar-refractivity contribution in [2.45, 2.75) is 57.7 Å². The molecule has 7 heteroatoms. The van der Waals surface area contributed by atoms with Crippen LogP contribution >= 0.6 is 0 Å². The molecule has 0 radical (unpaired) electrons. The smallest absolute Gasteiger partial charge is 0.263 e. The van der Waals surface area contributed by atoms with Crippen molar-refractivity contribution < 1.29 is 19.4 Å². The second-order valence-electron chi connectivity index (χ2n) is 7.79. The number of nitrogens with one attached hydrogen (secondary N) is 1. The van der Waals surface area contributed by atoms with Crippen molar-refractivity contribution in [3.05, 3.63) is 57.5 Å². The molecule has 1 heterocycles. The molecule has 2 N–H and O–H groups in total. The first-order chi connectivity index (χ1) is 14.4. The van der Waals surface area contributed by atoms with Crippen molar-refractivity contribution in [1.82, 2.24) is 9.88 Å². The lowest BCUT2D eigenvalue weighted by Gasteiger charge is -2.26. The molecule has 30 heavy (non-hydrogen) atoms. The van der Waals surface area contributed by atoms with Crippen LogP contribution in [0.3, 0.4) is 0 Å². The van der Waals surface area contributed by atoms with Gasteiger partial charge in [-0.25, -0.2) is 0 Å². The van der Waals surface area contributed by atoms with E-state index < -0.39 is 0 Å². The Morgan fingerprint density at radius 2 is 1.83 bits per heavy atom. The largest absolute Gasteiger partial charge is 0.493 e. The Bertz CT molecular complexity index is 945. The molecule has 0 spiro atoms. The van der Waals surface area contributed by atoms with Crippen molar-refractivity contribution >= 4 is 5.91 Å². The van der Waals surface area contributed by atoms with Crippen LogP contribution in [-0.2, 0) is 13.0 Å². The summed E-state index contributed by atoms with van der Waals surface area (Å²) in [6, 6.07) is 7.47. The van der Waals surface area contributed by atoms with E-state index in [0.29, 0.717) is 42.9 Å². The molecule has 0 saturated heterocycles. The Morgan fingerprint density at radius 1 is 1.13 bits per heavy atom.